The number of aryl methyl sites for hydroxylation is 2. The van der Waals surface area contributed by atoms with Crippen molar-refractivity contribution in [3.63, 3.8) is 0 Å². The Balaban J connectivity index is 1.64. The van der Waals surface area contributed by atoms with Crippen LogP contribution in [0.15, 0.2) is 84.0 Å². The molecule has 0 saturated heterocycles. The van der Waals surface area contributed by atoms with Gasteiger partial charge in [-0.05, 0) is 37.6 Å². The lowest BCUT2D eigenvalue weighted by Crippen LogP contribution is -2.12. The molecule has 1 heterocycles. The zero-order valence-electron chi connectivity index (χ0n) is 18.4. The first-order chi connectivity index (χ1) is 16.0. The van der Waals surface area contributed by atoms with Gasteiger partial charge in [-0.15, -0.1) is 10.2 Å². The van der Waals surface area contributed by atoms with Crippen molar-refractivity contribution in [2.24, 2.45) is 0 Å². The maximum atomic E-state index is 11.6. The third-order valence-corrected chi connectivity index (χ3v) is 6.32. The molecule has 1 atom stereocenters. The number of aromatic nitrogens is 3. The summed E-state index contributed by atoms with van der Waals surface area (Å²) in [4.78, 5) is 11.3. The van der Waals surface area contributed by atoms with Crippen molar-refractivity contribution in [2.75, 3.05) is 6.54 Å². The summed E-state index contributed by atoms with van der Waals surface area (Å²) in [5.41, 5.74) is 3.85. The zero-order chi connectivity index (χ0) is 23.2. The molecule has 0 spiro atoms. The predicted molar refractivity (Wildman–Crippen MR) is 129 cm³/mol. The average molecular weight is 461 g/mol. The van der Waals surface area contributed by atoms with Gasteiger partial charge in [-0.3, -0.25) is 14.7 Å². The van der Waals surface area contributed by atoms with Crippen LogP contribution < -0.4 is 4.74 Å². The highest BCUT2D eigenvalue weighted by molar-refractivity contribution is 7.99. The molecule has 0 N–H and O–H groups in total. The molecule has 0 unspecified atom stereocenters. The van der Waals surface area contributed by atoms with Crippen molar-refractivity contribution >= 4 is 11.8 Å². The third-order valence-electron chi connectivity index (χ3n) is 5.15. The quantitative estimate of drug-likeness (QED) is 0.184. The minimum absolute atomic E-state index is 0.268. The molecule has 0 bridgehead atoms. The maximum absolute atomic E-state index is 11.6. The molecule has 3 aromatic carbocycles. The second kappa shape index (κ2) is 10.3. The summed E-state index contributed by atoms with van der Waals surface area (Å²) in [5.74, 6) is 1.34. The van der Waals surface area contributed by atoms with Gasteiger partial charge in [0.05, 0.1) is 0 Å². The van der Waals surface area contributed by atoms with E-state index in [0.717, 1.165) is 28.2 Å². The number of rotatable bonds is 9. The third kappa shape index (κ3) is 5.59. The minimum Gasteiger partial charge on any atom is -0.489 e. The smallest absolute Gasteiger partial charge is 0.220 e. The van der Waals surface area contributed by atoms with Crippen LogP contribution in [0.25, 0.3) is 5.69 Å². The predicted octanol–water partition coefficient (Wildman–Crippen LogP) is 5.57. The monoisotopic (exact) mass is 460 g/mol. The van der Waals surface area contributed by atoms with Gasteiger partial charge in [0.2, 0.25) is 6.54 Å². The first-order valence-electron chi connectivity index (χ1n) is 10.5. The molecule has 4 aromatic rings. The van der Waals surface area contributed by atoms with E-state index in [9.17, 15) is 10.1 Å². The van der Waals surface area contributed by atoms with Gasteiger partial charge in [0.1, 0.15) is 23.4 Å². The van der Waals surface area contributed by atoms with Crippen LogP contribution >= 0.6 is 11.8 Å². The fourth-order valence-electron chi connectivity index (χ4n) is 3.49. The van der Waals surface area contributed by atoms with Gasteiger partial charge in [0, 0.05) is 16.2 Å². The van der Waals surface area contributed by atoms with Crippen molar-refractivity contribution in [1.82, 2.24) is 14.8 Å². The summed E-state index contributed by atoms with van der Waals surface area (Å²) in [6.45, 7) is 4.01. The SMILES string of the molecule is Cc1ccc(-n2c(C)nnc2S[C@@H](C[N+](=O)[O-])c2ccccc2OCc2ccccc2)cc1. The molecule has 0 radical (unpaired) electrons. The van der Waals surface area contributed by atoms with E-state index in [4.69, 9.17) is 4.74 Å². The van der Waals surface area contributed by atoms with Crippen LogP contribution in [0.2, 0.25) is 0 Å². The van der Waals surface area contributed by atoms with E-state index in [1.54, 1.807) is 0 Å². The first-order valence-corrected chi connectivity index (χ1v) is 11.4. The summed E-state index contributed by atoms with van der Waals surface area (Å²) in [6, 6.07) is 25.3. The number of ether oxygens (including phenoxy) is 1. The standard InChI is InChI=1S/C25H24N4O3S/c1-18-12-14-21(15-13-18)29-19(2)26-27-25(29)33-24(16-28(30)31)22-10-6-7-11-23(22)32-17-20-8-4-3-5-9-20/h3-15,24H,16-17H2,1-2H3/t24-/m0/s1. The molecule has 8 heteroatoms. The van der Waals surface area contributed by atoms with Crippen molar-refractivity contribution < 1.29 is 9.66 Å². The molecular formula is C25H24N4O3S. The molecule has 33 heavy (non-hydrogen) atoms. The van der Waals surface area contributed by atoms with E-state index in [2.05, 4.69) is 10.2 Å². The van der Waals surface area contributed by atoms with Crippen LogP contribution in [0.4, 0.5) is 0 Å². The summed E-state index contributed by atoms with van der Waals surface area (Å²) < 4.78 is 8.00. The summed E-state index contributed by atoms with van der Waals surface area (Å²) in [7, 11) is 0. The molecule has 168 valence electrons. The number of benzene rings is 3. The lowest BCUT2D eigenvalue weighted by molar-refractivity contribution is -0.479. The Morgan fingerprint density at radius 3 is 2.39 bits per heavy atom. The Hall–Kier alpha value is -3.65. The molecule has 0 amide bonds. The Kier molecular flexibility index (Phi) is 7.04. The Morgan fingerprint density at radius 2 is 1.67 bits per heavy atom. The van der Waals surface area contributed by atoms with Crippen LogP contribution in [-0.4, -0.2) is 26.2 Å². The van der Waals surface area contributed by atoms with Gasteiger partial charge in [0.15, 0.2) is 5.16 Å². The van der Waals surface area contributed by atoms with E-state index in [-0.39, 0.29) is 11.5 Å². The fourth-order valence-corrected chi connectivity index (χ4v) is 4.69. The van der Waals surface area contributed by atoms with E-state index >= 15 is 0 Å². The van der Waals surface area contributed by atoms with Crippen molar-refractivity contribution in [1.29, 1.82) is 0 Å². The van der Waals surface area contributed by atoms with Gasteiger partial charge < -0.3 is 4.74 Å². The van der Waals surface area contributed by atoms with Gasteiger partial charge in [-0.2, -0.15) is 0 Å². The number of hydrogen-bond acceptors (Lipinski definition) is 6. The average Bonchev–Trinajstić information content (AvgIpc) is 3.18. The largest absolute Gasteiger partial charge is 0.489 e. The van der Waals surface area contributed by atoms with Crippen LogP contribution in [0.3, 0.4) is 0 Å². The van der Waals surface area contributed by atoms with Crippen molar-refractivity contribution in [3.05, 3.63) is 111 Å². The molecule has 0 aliphatic rings. The Labute approximate surface area is 196 Å². The number of para-hydroxylation sites is 1. The lowest BCUT2D eigenvalue weighted by Gasteiger charge is -2.18. The van der Waals surface area contributed by atoms with Crippen LogP contribution in [0.1, 0.15) is 27.8 Å². The minimum atomic E-state index is -0.500. The van der Waals surface area contributed by atoms with Crippen LogP contribution in [-0.2, 0) is 6.61 Å². The highest BCUT2D eigenvalue weighted by Crippen LogP contribution is 2.40. The fraction of sp³-hybridized carbons (Fsp3) is 0.200. The summed E-state index contributed by atoms with van der Waals surface area (Å²) >= 11 is 1.32. The maximum Gasteiger partial charge on any atom is 0.220 e. The molecule has 7 nitrogen and oxygen atoms in total. The van der Waals surface area contributed by atoms with Crippen molar-refractivity contribution in [2.45, 2.75) is 30.9 Å². The normalized spacial score (nSPS) is 11.8. The highest BCUT2D eigenvalue weighted by Gasteiger charge is 2.26. The Bertz CT molecular complexity index is 1230. The van der Waals surface area contributed by atoms with Gasteiger partial charge in [-0.25, -0.2) is 0 Å². The molecule has 0 aliphatic carbocycles. The number of nitrogens with zero attached hydrogens (tertiary/aromatic N) is 4. The second-order valence-corrected chi connectivity index (χ2v) is 8.80. The number of nitro groups is 1. The van der Waals surface area contributed by atoms with Crippen LogP contribution in [0, 0.1) is 24.0 Å². The van der Waals surface area contributed by atoms with E-state index in [0.29, 0.717) is 17.5 Å². The highest BCUT2D eigenvalue weighted by atomic mass is 32.2. The number of hydrogen-bond donors (Lipinski definition) is 0. The molecule has 1 aromatic heterocycles. The van der Waals surface area contributed by atoms with E-state index in [1.165, 1.54) is 11.8 Å². The zero-order valence-corrected chi connectivity index (χ0v) is 19.2. The molecule has 0 fully saturated rings. The number of thioether (sulfide) groups is 1. The molecule has 0 saturated carbocycles. The van der Waals surface area contributed by atoms with Crippen molar-refractivity contribution in [3.8, 4) is 11.4 Å². The van der Waals surface area contributed by atoms with E-state index in [1.807, 2.05) is 97.3 Å². The lowest BCUT2D eigenvalue weighted by atomic mass is 10.1. The first kappa shape index (κ1) is 22.5. The topological polar surface area (TPSA) is 83.1 Å². The molecule has 4 rings (SSSR count). The molecular weight excluding hydrogens is 436 g/mol. The molecule has 0 aliphatic heterocycles. The second-order valence-electron chi connectivity index (χ2n) is 7.63. The summed E-state index contributed by atoms with van der Waals surface area (Å²) in [6.07, 6.45) is 0. The summed E-state index contributed by atoms with van der Waals surface area (Å²) in [5, 5.41) is 20.2. The van der Waals surface area contributed by atoms with Crippen LogP contribution in [0.5, 0.6) is 5.75 Å². The van der Waals surface area contributed by atoms with Gasteiger partial charge in [0.25, 0.3) is 0 Å². The Morgan fingerprint density at radius 1 is 0.970 bits per heavy atom. The van der Waals surface area contributed by atoms with Gasteiger partial charge >= 0.3 is 0 Å². The van der Waals surface area contributed by atoms with Gasteiger partial charge in [-0.1, -0.05) is 78.0 Å². The van der Waals surface area contributed by atoms with E-state index < -0.39 is 5.25 Å².